The third kappa shape index (κ3) is 19.6. The van der Waals surface area contributed by atoms with Gasteiger partial charge in [0.1, 0.15) is 0 Å². The maximum Gasteiger partial charge on any atom is 1.00 e. The number of ketones is 1. The van der Waals surface area contributed by atoms with Gasteiger partial charge in [-0.2, -0.15) is 0 Å². The van der Waals surface area contributed by atoms with Gasteiger partial charge in [0.2, 0.25) is 17.7 Å². The third-order valence-corrected chi connectivity index (χ3v) is 19.1. The molecule has 14 heteroatoms. The summed E-state index contributed by atoms with van der Waals surface area (Å²) in [5, 5.41) is 2.53. The van der Waals surface area contributed by atoms with Crippen LogP contribution in [-0.2, 0) is 26.1 Å². The first-order valence-electron chi connectivity index (χ1n) is 23.9. The van der Waals surface area contributed by atoms with E-state index in [1.165, 1.54) is 44.9 Å². The number of Topliss-reactive ketones (excluding diaryl/α,β-unsaturated/α-hetero) is 1. The predicted octanol–water partition coefficient (Wildman–Crippen LogP) is 11.2. The summed E-state index contributed by atoms with van der Waals surface area (Å²) in [4.78, 5) is 62.9. The van der Waals surface area contributed by atoms with Gasteiger partial charge in [0.25, 0.3) is 5.24 Å². The van der Waals surface area contributed by atoms with Gasteiger partial charge in [-0.15, -0.1) is 23.2 Å². The van der Waals surface area contributed by atoms with Crippen LogP contribution in [0.15, 0.2) is 48.5 Å². The van der Waals surface area contributed by atoms with Crippen LogP contribution in [0.4, 0.5) is 0 Å². The number of hydrogen-bond acceptors (Lipinski definition) is 5. The van der Waals surface area contributed by atoms with Crippen molar-refractivity contribution in [2.24, 2.45) is 23.7 Å². The van der Waals surface area contributed by atoms with Gasteiger partial charge < -0.3 is 9.96 Å². The zero-order valence-corrected chi connectivity index (χ0v) is 44.3. The number of carbonyl (C=O) groups is 5. The molecule has 2 aromatic carbocycles. The van der Waals surface area contributed by atoms with Crippen LogP contribution in [0, 0.1) is 23.7 Å². The molecule has 358 valence electrons. The number of rotatable bonds is 9. The number of likely N-dealkylation sites (tertiary alicyclic amines) is 1. The first kappa shape index (κ1) is 59.4. The average Bonchev–Trinajstić information content (AvgIpc) is 3.20. The predicted molar refractivity (Wildman–Crippen MR) is 273 cm³/mol. The Morgan fingerprint density at radius 1 is 0.631 bits per heavy atom. The number of carbonyl (C=O) groups excluding carboxylic acids is 5. The molecule has 0 aromatic heterocycles. The van der Waals surface area contributed by atoms with Crippen molar-refractivity contribution in [3.8, 4) is 0 Å². The largest absolute Gasteiger partial charge is 1.00 e. The van der Waals surface area contributed by atoms with Gasteiger partial charge in [0.05, 0.1) is 17.9 Å². The second-order valence-corrected chi connectivity index (χ2v) is 30.8. The minimum absolute atomic E-state index is 0. The summed E-state index contributed by atoms with van der Waals surface area (Å²) in [6, 6.07) is 15.0. The number of nitrogens with one attached hydrogen (secondary N) is 1. The first-order valence-corrected chi connectivity index (χ1v) is 32.2. The SMILES string of the molecule is C.C[Si](C)(C)[N-][Si](C)(C)C.O=C(C[C@H]1CCCCCC[C@H]1C(=O)N1C(=O)[C@@H]2CCCCCC[C@@H]21)c1ccc(CCl)cc1.O=C(Cl)c1ccc(CCl)cc1.O=C1NC2CCCCCC[C@@H]12.[Li+]. The second-order valence-electron chi connectivity index (χ2n) is 20.3. The smallest absolute Gasteiger partial charge is 0.668 e. The maximum absolute atomic E-state index is 13.7. The van der Waals surface area contributed by atoms with Gasteiger partial charge in [0.15, 0.2) is 5.78 Å². The fourth-order valence-electron chi connectivity index (χ4n) is 9.93. The van der Waals surface area contributed by atoms with Crippen molar-refractivity contribution in [1.82, 2.24) is 10.2 Å². The molecule has 8 nitrogen and oxygen atoms in total. The van der Waals surface area contributed by atoms with Crippen molar-refractivity contribution in [3.63, 3.8) is 0 Å². The molecule has 2 heterocycles. The molecule has 1 N–H and O–H groups in total. The average molecular weight is 984 g/mol. The molecular formula is C51H79Cl3LiN3O5Si2. The van der Waals surface area contributed by atoms with E-state index in [9.17, 15) is 24.0 Å². The number of nitrogens with zero attached hydrogens (tertiary/aromatic N) is 2. The van der Waals surface area contributed by atoms with Gasteiger partial charge in [-0.1, -0.05) is 177 Å². The van der Waals surface area contributed by atoms with Gasteiger partial charge >= 0.3 is 18.9 Å². The quantitative estimate of drug-likeness (QED) is 0.0671. The van der Waals surface area contributed by atoms with Crippen LogP contribution in [0.3, 0.4) is 0 Å². The molecule has 3 amide bonds. The van der Waals surface area contributed by atoms with Crippen molar-refractivity contribution < 1.29 is 42.8 Å². The van der Waals surface area contributed by atoms with Gasteiger partial charge in [-0.3, -0.25) is 28.9 Å². The van der Waals surface area contributed by atoms with Crippen LogP contribution in [-0.4, -0.2) is 62.2 Å². The molecule has 6 atom stereocenters. The second kappa shape index (κ2) is 29.3. The number of hydrogen-bond donors (Lipinski definition) is 1. The summed E-state index contributed by atoms with van der Waals surface area (Å²) in [5.74, 6) is 1.57. The molecule has 5 aliphatic rings. The van der Waals surface area contributed by atoms with E-state index < -0.39 is 21.7 Å². The number of halogens is 3. The zero-order valence-electron chi connectivity index (χ0n) is 40.0. The monoisotopic (exact) mass is 981 g/mol. The van der Waals surface area contributed by atoms with Crippen molar-refractivity contribution in [3.05, 3.63) is 75.4 Å². The fourth-order valence-corrected chi connectivity index (χ4v) is 18.5. The normalized spacial score (nSPS) is 24.2. The molecule has 0 bridgehead atoms. The number of amides is 3. The molecule has 2 aromatic rings. The van der Waals surface area contributed by atoms with E-state index in [2.05, 4.69) is 44.6 Å². The van der Waals surface area contributed by atoms with E-state index in [0.29, 0.717) is 47.2 Å². The summed E-state index contributed by atoms with van der Waals surface area (Å²) in [7, 11) is -2.21. The van der Waals surface area contributed by atoms with Gasteiger partial charge in [-0.05, 0) is 79.3 Å². The van der Waals surface area contributed by atoms with Crippen LogP contribution < -0.4 is 24.2 Å². The maximum atomic E-state index is 13.7. The summed E-state index contributed by atoms with van der Waals surface area (Å²) in [5.41, 5.74) is 3.16. The van der Waals surface area contributed by atoms with E-state index in [4.69, 9.17) is 39.5 Å². The van der Waals surface area contributed by atoms with Gasteiger partial charge in [-0.25, -0.2) is 0 Å². The van der Waals surface area contributed by atoms with Crippen molar-refractivity contribution in [2.45, 2.75) is 193 Å². The topological polar surface area (TPSA) is 115 Å². The van der Waals surface area contributed by atoms with Crippen LogP contribution in [0.25, 0.3) is 4.65 Å². The van der Waals surface area contributed by atoms with Crippen molar-refractivity contribution >= 4 is 80.0 Å². The summed E-state index contributed by atoms with van der Waals surface area (Å²) < 4.78 is 4.82. The minimum Gasteiger partial charge on any atom is -0.668 e. The van der Waals surface area contributed by atoms with Crippen LogP contribution >= 0.6 is 34.8 Å². The standard InChI is InChI=1S/C27H36ClNO3.C9H15NO.C8H6Cl2O.C6H18NSi2.CH4.Li/c28-18-19-13-15-20(16-14-19)25(30)17-21-9-5-1-2-6-10-22(21)26(31)29-24-12-8-4-3-7-11-23(24)27(29)32;11-9-7-5-3-1-2-4-6-8(7)10-9;9-5-6-1-3-7(4-2-6)8(10)11;1-8(2,3)7-9(4,5)6;;/h13-16,21-24H,1-12,17-18H2;7-8H,1-6H2,(H,10,11);1-4H,5H2;1-6H3;1H4;/q;;;-1;;+1/t21-,22-,23-,24+;7-,8?;;;;/m11..../s1. The summed E-state index contributed by atoms with van der Waals surface area (Å²) in [6.07, 6.45) is 20.5. The number of benzene rings is 2. The molecule has 0 spiro atoms. The molecular weight excluding hydrogens is 904 g/mol. The molecule has 2 saturated heterocycles. The Balaban J connectivity index is 0.000000358. The van der Waals surface area contributed by atoms with Crippen LogP contribution in [0.1, 0.15) is 161 Å². The molecule has 2 aliphatic heterocycles. The molecule has 1 unspecified atom stereocenters. The number of β-lactam (4-membered cyclic amide) rings is 2. The Morgan fingerprint density at radius 3 is 1.54 bits per heavy atom. The Morgan fingerprint density at radius 2 is 1.08 bits per heavy atom. The van der Waals surface area contributed by atoms with Gasteiger partial charge in [0, 0.05) is 41.3 Å². The molecule has 7 rings (SSSR count). The Bertz CT molecular complexity index is 1780. The minimum atomic E-state index is -1.11. The third-order valence-electron chi connectivity index (χ3n) is 12.9. The fraction of sp³-hybridized carbons (Fsp3) is 0.667. The Hall–Kier alpha value is -1.75. The van der Waals surface area contributed by atoms with Crippen molar-refractivity contribution in [1.29, 1.82) is 0 Å². The number of fused-ring (bicyclic) bond motifs is 2. The number of alkyl halides is 2. The van der Waals surface area contributed by atoms with E-state index in [0.717, 1.165) is 81.8 Å². The first-order chi connectivity index (χ1) is 29.9. The summed E-state index contributed by atoms with van der Waals surface area (Å²) in [6.45, 7) is 13.8. The molecule has 65 heavy (non-hydrogen) atoms. The zero-order chi connectivity index (χ0) is 46.2. The Kier molecular flexibility index (Phi) is 26.8. The molecule has 3 aliphatic carbocycles. The van der Waals surface area contributed by atoms with E-state index in [1.807, 2.05) is 24.3 Å². The summed E-state index contributed by atoms with van der Waals surface area (Å²) >= 11 is 16.6. The van der Waals surface area contributed by atoms with E-state index in [1.54, 1.807) is 29.2 Å². The van der Waals surface area contributed by atoms with E-state index >= 15 is 0 Å². The number of imide groups is 1. The van der Waals surface area contributed by atoms with E-state index in [-0.39, 0.29) is 67.7 Å². The Labute approximate surface area is 422 Å². The van der Waals surface area contributed by atoms with Crippen molar-refractivity contribution in [2.75, 3.05) is 0 Å². The molecule has 5 fully saturated rings. The molecule has 0 radical (unpaired) electrons. The van der Waals surface area contributed by atoms with Crippen LogP contribution in [0.5, 0.6) is 0 Å². The van der Waals surface area contributed by atoms with Crippen LogP contribution in [0.2, 0.25) is 39.3 Å². The molecule has 3 saturated carbocycles.